The number of hydrogen-bond donors (Lipinski definition) is 0. The van der Waals surface area contributed by atoms with E-state index in [-0.39, 0.29) is 0 Å². The molecule has 6 aromatic rings. The summed E-state index contributed by atoms with van der Waals surface area (Å²) < 4.78 is 2.33. The molecule has 0 radical (unpaired) electrons. The van der Waals surface area contributed by atoms with Gasteiger partial charge >= 0.3 is 0 Å². The number of hydrogen-bond acceptors (Lipinski definition) is 1. The number of nitrogens with zero attached hydrogens (tertiary/aromatic N) is 2. The second-order valence-corrected chi connectivity index (χ2v) is 7.68. The van der Waals surface area contributed by atoms with Gasteiger partial charge in [-0.15, -0.1) is 0 Å². The highest BCUT2D eigenvalue weighted by Crippen LogP contribution is 2.38. The summed E-state index contributed by atoms with van der Waals surface area (Å²) >= 11 is 0. The molecule has 0 atom stereocenters. The van der Waals surface area contributed by atoms with Crippen LogP contribution < -0.4 is 0 Å². The van der Waals surface area contributed by atoms with Gasteiger partial charge in [0.15, 0.2) is 0 Å². The number of fused-ring (bicyclic) bond motifs is 3. The Morgan fingerprint density at radius 3 is 1.74 bits per heavy atom. The molecule has 0 fully saturated rings. The third kappa shape index (κ3) is 2.92. The van der Waals surface area contributed by atoms with Crippen LogP contribution in [-0.4, -0.2) is 9.38 Å². The zero-order chi connectivity index (χ0) is 20.6. The lowest BCUT2D eigenvalue weighted by atomic mass is 10.0. The van der Waals surface area contributed by atoms with Crippen molar-refractivity contribution in [2.24, 2.45) is 0 Å². The normalized spacial score (nSPS) is 11.2. The van der Waals surface area contributed by atoms with Crippen molar-refractivity contribution in [2.45, 2.75) is 0 Å². The van der Waals surface area contributed by atoms with E-state index in [0.29, 0.717) is 0 Å². The van der Waals surface area contributed by atoms with Crippen LogP contribution in [0.1, 0.15) is 0 Å². The molecule has 31 heavy (non-hydrogen) atoms. The van der Waals surface area contributed by atoms with Crippen molar-refractivity contribution in [2.75, 3.05) is 0 Å². The van der Waals surface area contributed by atoms with Gasteiger partial charge in [-0.1, -0.05) is 115 Å². The van der Waals surface area contributed by atoms with E-state index in [1.165, 1.54) is 10.9 Å². The first-order valence-electron chi connectivity index (χ1n) is 10.5. The Bertz CT molecular complexity index is 1500. The molecule has 0 saturated heterocycles. The topological polar surface area (TPSA) is 17.3 Å². The predicted molar refractivity (Wildman–Crippen MR) is 129 cm³/mol. The Labute approximate surface area is 181 Å². The average molecular weight is 396 g/mol. The molecule has 2 nitrogen and oxygen atoms in total. The zero-order valence-corrected chi connectivity index (χ0v) is 16.9. The molecule has 2 aromatic heterocycles. The van der Waals surface area contributed by atoms with E-state index < -0.39 is 0 Å². The molecular formula is C29H20N2. The minimum Gasteiger partial charge on any atom is -0.291 e. The third-order valence-electron chi connectivity index (χ3n) is 5.78. The van der Waals surface area contributed by atoms with Crippen molar-refractivity contribution in [1.82, 2.24) is 9.38 Å². The van der Waals surface area contributed by atoms with Gasteiger partial charge in [0.1, 0.15) is 5.65 Å². The molecule has 0 aliphatic rings. The first-order valence-corrected chi connectivity index (χ1v) is 10.5. The lowest BCUT2D eigenvalue weighted by Crippen LogP contribution is -1.96. The SMILES string of the molecule is c1ccc(-c2nc3c4ccccc4cc(-c4ccccc4)n3c2-c2ccccc2)cc1. The summed E-state index contributed by atoms with van der Waals surface area (Å²) in [4.78, 5) is 5.24. The summed E-state index contributed by atoms with van der Waals surface area (Å²) in [5.41, 5.74) is 7.69. The van der Waals surface area contributed by atoms with Crippen molar-refractivity contribution < 1.29 is 0 Å². The number of rotatable bonds is 3. The first kappa shape index (κ1) is 17.7. The average Bonchev–Trinajstić information content (AvgIpc) is 3.26. The monoisotopic (exact) mass is 396 g/mol. The molecule has 0 aliphatic heterocycles. The van der Waals surface area contributed by atoms with Gasteiger partial charge in [0, 0.05) is 16.5 Å². The van der Waals surface area contributed by atoms with Crippen molar-refractivity contribution in [3.05, 3.63) is 121 Å². The fraction of sp³-hybridized carbons (Fsp3) is 0. The van der Waals surface area contributed by atoms with E-state index in [9.17, 15) is 0 Å². The summed E-state index contributed by atoms with van der Waals surface area (Å²) in [7, 11) is 0. The maximum Gasteiger partial charge on any atom is 0.146 e. The van der Waals surface area contributed by atoms with Crippen molar-refractivity contribution in [3.63, 3.8) is 0 Å². The van der Waals surface area contributed by atoms with Crippen molar-refractivity contribution >= 4 is 16.4 Å². The second-order valence-electron chi connectivity index (χ2n) is 7.68. The van der Waals surface area contributed by atoms with Crippen LogP contribution in [0, 0.1) is 0 Å². The largest absolute Gasteiger partial charge is 0.291 e. The minimum atomic E-state index is 0.981. The molecule has 0 unspecified atom stereocenters. The van der Waals surface area contributed by atoms with Gasteiger partial charge in [-0.3, -0.25) is 4.40 Å². The molecule has 0 spiro atoms. The van der Waals surface area contributed by atoms with Crippen LogP contribution in [0.3, 0.4) is 0 Å². The molecule has 0 aliphatic carbocycles. The Hall–Kier alpha value is -4.17. The van der Waals surface area contributed by atoms with Crippen LogP contribution in [0.5, 0.6) is 0 Å². The number of imidazole rings is 1. The summed E-state index contributed by atoms with van der Waals surface area (Å²) in [6, 6.07) is 42.4. The summed E-state index contributed by atoms with van der Waals surface area (Å²) in [5.74, 6) is 0. The summed E-state index contributed by atoms with van der Waals surface area (Å²) in [5, 5.41) is 2.35. The molecule has 146 valence electrons. The Morgan fingerprint density at radius 2 is 1.06 bits per heavy atom. The van der Waals surface area contributed by atoms with Crippen LogP contribution in [0.15, 0.2) is 121 Å². The van der Waals surface area contributed by atoms with Crippen molar-refractivity contribution in [3.8, 4) is 33.8 Å². The second kappa shape index (κ2) is 7.26. The zero-order valence-electron chi connectivity index (χ0n) is 16.9. The number of aromatic nitrogens is 2. The molecule has 6 rings (SSSR count). The van der Waals surface area contributed by atoms with E-state index in [4.69, 9.17) is 4.98 Å². The summed E-state index contributed by atoms with van der Waals surface area (Å²) in [6.07, 6.45) is 0. The number of pyridine rings is 1. The highest BCUT2D eigenvalue weighted by Gasteiger charge is 2.20. The van der Waals surface area contributed by atoms with Crippen molar-refractivity contribution in [1.29, 1.82) is 0 Å². The van der Waals surface area contributed by atoms with Crippen LogP contribution in [0.4, 0.5) is 0 Å². The first-order chi connectivity index (χ1) is 15.4. The molecule has 0 saturated carbocycles. The predicted octanol–water partition coefficient (Wildman–Crippen LogP) is 7.49. The van der Waals surface area contributed by atoms with E-state index >= 15 is 0 Å². The third-order valence-corrected chi connectivity index (χ3v) is 5.78. The Kier molecular flexibility index (Phi) is 4.14. The van der Waals surface area contributed by atoms with Gasteiger partial charge in [-0.2, -0.15) is 0 Å². The van der Waals surface area contributed by atoms with Crippen LogP contribution in [0.25, 0.3) is 50.2 Å². The van der Waals surface area contributed by atoms with Gasteiger partial charge in [0.2, 0.25) is 0 Å². The van der Waals surface area contributed by atoms with E-state index in [2.05, 4.69) is 120 Å². The summed E-state index contributed by atoms with van der Waals surface area (Å²) in [6.45, 7) is 0. The van der Waals surface area contributed by atoms with Crippen LogP contribution in [0.2, 0.25) is 0 Å². The standard InChI is InChI=1S/C29H20N2/c1-4-12-21(13-5-1)26-20-24-18-10-11-19-25(24)29-30-27(22-14-6-2-7-15-22)28(31(26)29)23-16-8-3-9-17-23/h1-20H. The maximum atomic E-state index is 5.24. The molecule has 4 aromatic carbocycles. The van der Waals surface area contributed by atoms with Gasteiger partial charge < -0.3 is 0 Å². The molecule has 0 N–H and O–H groups in total. The fourth-order valence-corrected chi connectivity index (χ4v) is 4.35. The van der Waals surface area contributed by atoms with Crippen LogP contribution in [-0.2, 0) is 0 Å². The lowest BCUT2D eigenvalue weighted by Gasteiger charge is -2.13. The molecule has 2 heterocycles. The Balaban J connectivity index is 1.83. The Morgan fingerprint density at radius 1 is 0.516 bits per heavy atom. The molecule has 0 amide bonds. The smallest absolute Gasteiger partial charge is 0.146 e. The highest BCUT2D eigenvalue weighted by atomic mass is 15.0. The molecular weight excluding hydrogens is 376 g/mol. The van der Waals surface area contributed by atoms with Gasteiger partial charge in [-0.05, 0) is 17.0 Å². The highest BCUT2D eigenvalue weighted by molar-refractivity contribution is 6.00. The van der Waals surface area contributed by atoms with E-state index in [1.54, 1.807) is 0 Å². The van der Waals surface area contributed by atoms with Gasteiger partial charge in [0.05, 0.1) is 17.1 Å². The molecule has 2 heteroatoms. The minimum absolute atomic E-state index is 0.981. The van der Waals surface area contributed by atoms with E-state index in [1.807, 2.05) is 6.07 Å². The lowest BCUT2D eigenvalue weighted by molar-refractivity contribution is 1.21. The van der Waals surface area contributed by atoms with Crippen LogP contribution >= 0.6 is 0 Å². The maximum absolute atomic E-state index is 5.24. The van der Waals surface area contributed by atoms with E-state index in [0.717, 1.165) is 39.2 Å². The fourth-order valence-electron chi connectivity index (χ4n) is 4.35. The van der Waals surface area contributed by atoms with Gasteiger partial charge in [0.25, 0.3) is 0 Å². The number of benzene rings is 4. The van der Waals surface area contributed by atoms with Gasteiger partial charge in [-0.25, -0.2) is 4.98 Å². The quantitative estimate of drug-likeness (QED) is 0.303. The molecule has 0 bridgehead atoms.